The molecule has 1 saturated heterocycles. The number of imide groups is 1. The van der Waals surface area contributed by atoms with E-state index >= 15 is 0 Å². The van der Waals surface area contributed by atoms with Crippen LogP contribution >= 0.6 is 0 Å². The smallest absolute Gasteiger partial charge is 0.420 e. The highest BCUT2D eigenvalue weighted by molar-refractivity contribution is 5.94. The Morgan fingerprint density at radius 3 is 2.11 bits per heavy atom. The van der Waals surface area contributed by atoms with Gasteiger partial charge in [-0.25, -0.2) is 10.1 Å². The number of hydrogen-bond acceptors (Lipinski definition) is 2. The van der Waals surface area contributed by atoms with Gasteiger partial charge in [0.05, 0.1) is 0 Å². The van der Waals surface area contributed by atoms with Crippen LogP contribution in [-0.4, -0.2) is 18.5 Å². The molecule has 4 nitrogen and oxygen atoms in total. The van der Waals surface area contributed by atoms with Crippen LogP contribution in [0.2, 0.25) is 0 Å². The predicted octanol–water partition coefficient (Wildman–Crippen LogP) is -8.19. The van der Waals surface area contributed by atoms with Gasteiger partial charge in [0.25, 0.3) is 5.91 Å². The number of amides is 3. The average Bonchev–Trinajstić information content (AvgIpc) is 1.87. The summed E-state index contributed by atoms with van der Waals surface area (Å²) < 4.78 is 0. The summed E-state index contributed by atoms with van der Waals surface area (Å²) in [4.78, 5) is 20.2. The van der Waals surface area contributed by atoms with Gasteiger partial charge in [-0.05, 0) is 0 Å². The van der Waals surface area contributed by atoms with Crippen LogP contribution in [0.1, 0.15) is 0 Å². The third kappa shape index (κ3) is 3.45. The van der Waals surface area contributed by atoms with Crippen molar-refractivity contribution in [2.45, 2.75) is 0 Å². The average molecular weight is 216 g/mol. The quantitative estimate of drug-likeness (QED) is 0.395. The Morgan fingerprint density at radius 1 is 1.44 bits per heavy atom. The van der Waals surface area contributed by atoms with Crippen LogP contribution in [0.15, 0.2) is 0 Å². The van der Waals surface area contributed by atoms with Gasteiger partial charge in [-0.2, -0.15) is 0 Å². The lowest BCUT2D eigenvalue weighted by atomic mass is 10.7. The minimum atomic E-state index is -0.273. The maximum Gasteiger partial charge on any atom is 0.420 e. The summed E-state index contributed by atoms with van der Waals surface area (Å²) in [6.07, 6.45) is 0. The van der Waals surface area contributed by atoms with E-state index in [1.54, 1.807) is 0 Å². The van der Waals surface area contributed by atoms with Crippen molar-refractivity contribution in [2.75, 3.05) is 6.54 Å². The molecule has 0 spiro atoms. The van der Waals surface area contributed by atoms with Gasteiger partial charge in [-0.1, -0.05) is 0 Å². The minimum Gasteiger partial charge on any atom is -1.00 e. The lowest BCUT2D eigenvalue weighted by Gasteiger charge is -1.72. The zero-order valence-corrected chi connectivity index (χ0v) is 6.70. The summed E-state index contributed by atoms with van der Waals surface area (Å²) in [5, 5.41) is 3.41. The van der Waals surface area contributed by atoms with Gasteiger partial charge < -0.3 is 29.4 Å². The Balaban J connectivity index is 0. The largest absolute Gasteiger partial charge is 1.00 e. The van der Waals surface area contributed by atoms with Crippen molar-refractivity contribution in [1.82, 2.24) is 5.32 Å². The van der Waals surface area contributed by atoms with E-state index in [9.17, 15) is 9.59 Å². The number of urea groups is 1. The molecule has 1 fully saturated rings. The van der Waals surface area contributed by atoms with E-state index in [-0.39, 0.29) is 47.9 Å². The molecule has 0 aromatic heterocycles. The summed E-state index contributed by atoms with van der Waals surface area (Å²) in [6, 6.07) is -0.273. The molecule has 0 bridgehead atoms. The molecule has 3 N–H and O–H groups in total. The number of nitrogens with two attached hydrogens (primary N) is 1. The van der Waals surface area contributed by atoms with Crippen LogP contribution in [0.25, 0.3) is 0 Å². The van der Waals surface area contributed by atoms with E-state index in [1.165, 1.54) is 5.32 Å². The summed E-state index contributed by atoms with van der Waals surface area (Å²) in [5.41, 5.74) is 0. The third-order valence-electron chi connectivity index (χ3n) is 0.735. The predicted molar refractivity (Wildman–Crippen MR) is 20.3 cm³/mol. The molecule has 0 aromatic rings. The molecule has 54 valence electrons. The summed E-state index contributed by atoms with van der Waals surface area (Å²) in [5.74, 6) is -0.204. The van der Waals surface area contributed by atoms with Gasteiger partial charge in [-0.15, -0.1) is 0 Å². The normalized spacial score (nSPS) is 15.6. The monoisotopic (exact) mass is 215 g/mol. The molecule has 0 radical (unpaired) electrons. The van der Waals surface area contributed by atoms with Gasteiger partial charge in [0.1, 0.15) is 0 Å². The molecule has 0 unspecified atom stereocenters. The lowest BCUT2D eigenvalue weighted by Crippen LogP contribution is -3.00. The number of carbonyl (C=O) groups is 2. The third-order valence-corrected chi connectivity index (χ3v) is 0.735. The first kappa shape index (κ1) is 11.6. The molecule has 0 atom stereocenters. The second kappa shape index (κ2) is 4.72. The van der Waals surface area contributed by atoms with Crippen LogP contribution in [0.5, 0.6) is 0 Å². The van der Waals surface area contributed by atoms with Crippen LogP contribution in [0, 0.1) is 0 Å². The van der Waals surface area contributed by atoms with E-state index < -0.39 is 0 Å². The number of primary amides is 1. The Kier molecular flexibility index (Phi) is 6.11. The Labute approximate surface area is 68.6 Å². The fourth-order valence-electron chi connectivity index (χ4n) is 0.425. The standard InChI is InChI=1S/C3H4N2O2.BrH.ClH/c6-2-1-4-3(7)5-2;;/h1H2,(H2,4,5,6,7);2*1H/p-1. The van der Waals surface area contributed by atoms with Gasteiger partial charge in [0.2, 0.25) is 0 Å². The van der Waals surface area contributed by atoms with E-state index in [0.717, 1.165) is 0 Å². The van der Waals surface area contributed by atoms with Crippen LogP contribution in [-0.2, 0) is 4.79 Å². The fraction of sp³-hybridized carbons (Fsp3) is 0.333. The number of nitrogens with one attached hydrogen (secondary N) is 1. The zero-order valence-electron chi connectivity index (χ0n) is 4.36. The Bertz CT molecular complexity index is 115. The fourth-order valence-corrected chi connectivity index (χ4v) is 0.425. The zero-order chi connectivity index (χ0) is 5.28. The molecule has 0 aliphatic carbocycles. The SMILES string of the molecule is O=C1C[NH2+]C(=O)N1.[Br-].[Cl-]. The molecule has 1 rings (SSSR count). The number of quaternary nitrogens is 1. The first-order valence-electron chi connectivity index (χ1n) is 1.96. The van der Waals surface area contributed by atoms with Gasteiger partial charge >= 0.3 is 6.03 Å². The maximum atomic E-state index is 10.1. The van der Waals surface area contributed by atoms with Crippen molar-refractivity contribution in [3.05, 3.63) is 0 Å². The highest BCUT2D eigenvalue weighted by atomic mass is 79.9. The molecular formula is C3H5BrClN2O2-. The number of halogens is 2. The molecule has 1 heterocycles. The molecule has 3 amide bonds. The first-order chi connectivity index (χ1) is 3.29. The molecule has 0 aromatic carbocycles. The molecule has 9 heavy (non-hydrogen) atoms. The van der Waals surface area contributed by atoms with Gasteiger partial charge in [0.15, 0.2) is 6.54 Å². The van der Waals surface area contributed by atoms with Crippen LogP contribution < -0.4 is 40.0 Å². The molecule has 6 heteroatoms. The second-order valence-corrected chi connectivity index (χ2v) is 1.32. The van der Waals surface area contributed by atoms with Gasteiger partial charge in [0, 0.05) is 0 Å². The molecule has 1 aliphatic rings. The summed E-state index contributed by atoms with van der Waals surface area (Å²) in [6.45, 7) is 0.249. The van der Waals surface area contributed by atoms with E-state index in [2.05, 4.69) is 5.32 Å². The maximum absolute atomic E-state index is 10.1. The van der Waals surface area contributed by atoms with Crippen molar-refractivity contribution in [3.8, 4) is 0 Å². The topological polar surface area (TPSA) is 62.8 Å². The van der Waals surface area contributed by atoms with Gasteiger partial charge in [-0.3, -0.25) is 10.1 Å². The van der Waals surface area contributed by atoms with Crippen molar-refractivity contribution in [3.63, 3.8) is 0 Å². The van der Waals surface area contributed by atoms with Crippen molar-refractivity contribution >= 4 is 11.9 Å². The summed E-state index contributed by atoms with van der Waals surface area (Å²) in [7, 11) is 0. The Hall–Kier alpha value is -0.130. The number of hydrogen-bond donors (Lipinski definition) is 2. The van der Waals surface area contributed by atoms with E-state index in [4.69, 9.17) is 0 Å². The highest BCUT2D eigenvalue weighted by Gasteiger charge is 2.20. The van der Waals surface area contributed by atoms with Crippen molar-refractivity contribution in [2.24, 2.45) is 0 Å². The number of carbonyl (C=O) groups excluding carboxylic acids is 2. The minimum absolute atomic E-state index is 0. The van der Waals surface area contributed by atoms with Crippen LogP contribution in [0.3, 0.4) is 0 Å². The Morgan fingerprint density at radius 2 is 2.00 bits per heavy atom. The summed E-state index contributed by atoms with van der Waals surface area (Å²) >= 11 is 0. The lowest BCUT2D eigenvalue weighted by molar-refractivity contribution is -0.533. The van der Waals surface area contributed by atoms with Crippen molar-refractivity contribution in [1.29, 1.82) is 0 Å². The number of rotatable bonds is 0. The van der Waals surface area contributed by atoms with E-state index in [1.807, 2.05) is 0 Å². The second-order valence-electron chi connectivity index (χ2n) is 1.32. The molecule has 0 saturated carbocycles. The highest BCUT2D eigenvalue weighted by Crippen LogP contribution is 1.62. The van der Waals surface area contributed by atoms with E-state index in [0.29, 0.717) is 0 Å². The molecular weight excluding hydrogens is 211 g/mol. The van der Waals surface area contributed by atoms with Crippen molar-refractivity contribution < 1.29 is 44.3 Å². The first-order valence-corrected chi connectivity index (χ1v) is 1.96. The molecule has 1 aliphatic heterocycles. The van der Waals surface area contributed by atoms with Crippen LogP contribution in [0.4, 0.5) is 4.79 Å².